The Morgan fingerprint density at radius 1 is 1.56 bits per heavy atom. The van der Waals surface area contributed by atoms with Crippen molar-refractivity contribution < 1.29 is 13.9 Å². The second-order valence-electron chi connectivity index (χ2n) is 1.99. The van der Waals surface area contributed by atoms with E-state index in [2.05, 4.69) is 0 Å². The fourth-order valence-corrected chi connectivity index (χ4v) is 0.477. The molecular formula is C6H11F2O. The van der Waals surface area contributed by atoms with E-state index in [-0.39, 0.29) is 13.0 Å². The summed E-state index contributed by atoms with van der Waals surface area (Å²) >= 11 is 0. The van der Waals surface area contributed by atoms with Crippen molar-refractivity contribution in [3.05, 3.63) is 6.61 Å². The van der Waals surface area contributed by atoms with E-state index in [4.69, 9.17) is 5.11 Å². The maximum atomic E-state index is 12.0. The molecule has 0 fully saturated rings. The van der Waals surface area contributed by atoms with Crippen LogP contribution in [0.2, 0.25) is 0 Å². The van der Waals surface area contributed by atoms with Gasteiger partial charge >= 0.3 is 0 Å². The molecular weight excluding hydrogens is 126 g/mol. The minimum Gasteiger partial charge on any atom is -0.384 e. The Labute approximate surface area is 53.7 Å². The highest BCUT2D eigenvalue weighted by atomic mass is 19.3. The Balaban J connectivity index is 3.33. The van der Waals surface area contributed by atoms with Crippen molar-refractivity contribution in [1.29, 1.82) is 0 Å². The average molecular weight is 137 g/mol. The maximum absolute atomic E-state index is 12.0. The van der Waals surface area contributed by atoms with Gasteiger partial charge in [0.05, 0.1) is 0 Å². The number of hydrogen-bond donors (Lipinski definition) is 1. The molecule has 1 N–H and O–H groups in total. The first-order valence-electron chi connectivity index (χ1n) is 2.99. The highest BCUT2D eigenvalue weighted by Crippen LogP contribution is 2.22. The number of aliphatic hydroxyl groups excluding tert-OH is 1. The van der Waals surface area contributed by atoms with Gasteiger partial charge in [-0.1, -0.05) is 13.3 Å². The second kappa shape index (κ2) is 3.77. The number of rotatable bonds is 4. The third kappa shape index (κ3) is 4.33. The van der Waals surface area contributed by atoms with Crippen molar-refractivity contribution >= 4 is 0 Å². The van der Waals surface area contributed by atoms with E-state index in [1.54, 1.807) is 0 Å². The highest BCUT2D eigenvalue weighted by Gasteiger charge is 2.26. The van der Waals surface area contributed by atoms with Gasteiger partial charge in [-0.05, 0) is 6.42 Å². The van der Waals surface area contributed by atoms with E-state index in [1.165, 1.54) is 0 Å². The Bertz CT molecular complexity index is 73.5. The summed E-state index contributed by atoms with van der Waals surface area (Å²) in [5.41, 5.74) is 0. The van der Waals surface area contributed by atoms with Crippen molar-refractivity contribution in [1.82, 2.24) is 0 Å². The lowest BCUT2D eigenvalue weighted by atomic mass is 10.2. The highest BCUT2D eigenvalue weighted by molar-refractivity contribution is 4.73. The zero-order valence-corrected chi connectivity index (χ0v) is 5.40. The first-order valence-corrected chi connectivity index (χ1v) is 2.99. The lowest BCUT2D eigenvalue weighted by molar-refractivity contribution is -0.0173. The SMILES string of the molecule is CCCCC(F)(F)[CH]O. The molecule has 0 aromatic carbocycles. The fourth-order valence-electron chi connectivity index (χ4n) is 0.477. The van der Waals surface area contributed by atoms with Crippen LogP contribution in [0.1, 0.15) is 26.2 Å². The number of halogens is 2. The largest absolute Gasteiger partial charge is 0.384 e. The first-order chi connectivity index (χ1) is 4.12. The van der Waals surface area contributed by atoms with Crippen LogP contribution in [0.15, 0.2) is 0 Å². The maximum Gasteiger partial charge on any atom is 0.276 e. The van der Waals surface area contributed by atoms with Gasteiger partial charge in [-0.2, -0.15) is 0 Å². The van der Waals surface area contributed by atoms with E-state index in [9.17, 15) is 8.78 Å². The summed E-state index contributed by atoms with van der Waals surface area (Å²) in [4.78, 5) is 0. The van der Waals surface area contributed by atoms with Gasteiger partial charge in [-0.3, -0.25) is 0 Å². The van der Waals surface area contributed by atoms with Crippen molar-refractivity contribution in [3.8, 4) is 0 Å². The van der Waals surface area contributed by atoms with Crippen LogP contribution in [0.25, 0.3) is 0 Å². The molecule has 1 radical (unpaired) electrons. The van der Waals surface area contributed by atoms with Crippen LogP contribution in [0.4, 0.5) is 8.78 Å². The van der Waals surface area contributed by atoms with Crippen molar-refractivity contribution in [2.75, 3.05) is 0 Å². The van der Waals surface area contributed by atoms with E-state index < -0.39 is 5.92 Å². The molecule has 0 aliphatic heterocycles. The van der Waals surface area contributed by atoms with Gasteiger partial charge in [0.1, 0.15) is 6.61 Å². The van der Waals surface area contributed by atoms with Gasteiger partial charge in [-0.15, -0.1) is 0 Å². The molecule has 3 heteroatoms. The number of unbranched alkanes of at least 4 members (excludes halogenated alkanes) is 1. The number of alkyl halides is 2. The molecule has 0 rings (SSSR count). The predicted octanol–water partition coefficient (Wildman–Crippen LogP) is 2.35. The Kier molecular flexibility index (Phi) is 3.70. The van der Waals surface area contributed by atoms with Crippen LogP contribution >= 0.6 is 0 Å². The topological polar surface area (TPSA) is 20.2 Å². The van der Waals surface area contributed by atoms with E-state index >= 15 is 0 Å². The summed E-state index contributed by atoms with van der Waals surface area (Å²) in [6, 6.07) is 0. The monoisotopic (exact) mass is 137 g/mol. The minimum absolute atomic E-state index is 0.0390. The van der Waals surface area contributed by atoms with Gasteiger partial charge in [0.2, 0.25) is 0 Å². The van der Waals surface area contributed by atoms with Crippen LogP contribution in [-0.4, -0.2) is 11.0 Å². The average Bonchev–Trinajstić information content (AvgIpc) is 1.84. The smallest absolute Gasteiger partial charge is 0.276 e. The quantitative estimate of drug-likeness (QED) is 0.630. The molecule has 0 atom stereocenters. The molecule has 0 heterocycles. The predicted molar refractivity (Wildman–Crippen MR) is 30.7 cm³/mol. The second-order valence-corrected chi connectivity index (χ2v) is 1.99. The molecule has 0 aromatic rings. The third-order valence-electron chi connectivity index (χ3n) is 1.05. The van der Waals surface area contributed by atoms with E-state index in [1.807, 2.05) is 6.92 Å². The molecule has 0 saturated carbocycles. The molecule has 0 aliphatic carbocycles. The van der Waals surface area contributed by atoms with Gasteiger partial charge < -0.3 is 5.11 Å². The Morgan fingerprint density at radius 2 is 2.11 bits per heavy atom. The first kappa shape index (κ1) is 8.82. The summed E-state index contributed by atoms with van der Waals surface area (Å²) in [6.45, 7) is 1.79. The lowest BCUT2D eigenvalue weighted by Crippen LogP contribution is -2.15. The van der Waals surface area contributed by atoms with E-state index in [0.29, 0.717) is 6.42 Å². The van der Waals surface area contributed by atoms with Crippen molar-refractivity contribution in [2.24, 2.45) is 0 Å². The molecule has 0 bridgehead atoms. The molecule has 55 valence electrons. The van der Waals surface area contributed by atoms with Gasteiger partial charge in [-0.25, -0.2) is 8.78 Å². The van der Waals surface area contributed by atoms with Gasteiger partial charge in [0.15, 0.2) is 0 Å². The zero-order chi connectivity index (χ0) is 7.33. The van der Waals surface area contributed by atoms with Crippen LogP contribution < -0.4 is 0 Å². The summed E-state index contributed by atoms with van der Waals surface area (Å²) in [6.07, 6.45) is 0.924. The fraction of sp³-hybridized carbons (Fsp3) is 0.833. The molecule has 0 unspecified atom stereocenters. The third-order valence-corrected chi connectivity index (χ3v) is 1.05. The van der Waals surface area contributed by atoms with Gasteiger partial charge in [0, 0.05) is 6.42 Å². The zero-order valence-electron chi connectivity index (χ0n) is 5.40. The summed E-state index contributed by atoms with van der Waals surface area (Å²) < 4.78 is 24.1. The molecule has 0 saturated heterocycles. The van der Waals surface area contributed by atoms with Gasteiger partial charge in [0.25, 0.3) is 5.92 Å². The van der Waals surface area contributed by atoms with E-state index in [0.717, 1.165) is 6.42 Å². The number of aliphatic hydroxyl groups is 1. The minimum atomic E-state index is -2.98. The molecule has 0 spiro atoms. The Morgan fingerprint density at radius 3 is 2.44 bits per heavy atom. The molecule has 9 heavy (non-hydrogen) atoms. The molecule has 0 aliphatic rings. The van der Waals surface area contributed by atoms with Crippen LogP contribution in [0, 0.1) is 6.61 Å². The van der Waals surface area contributed by atoms with Crippen LogP contribution in [0.5, 0.6) is 0 Å². The summed E-state index contributed by atoms with van der Waals surface area (Å²) in [5, 5.41) is 7.95. The number of hydrogen-bond acceptors (Lipinski definition) is 1. The lowest BCUT2D eigenvalue weighted by Gasteiger charge is -2.10. The van der Waals surface area contributed by atoms with Crippen molar-refractivity contribution in [2.45, 2.75) is 32.1 Å². The molecule has 0 amide bonds. The Hall–Kier alpha value is -0.180. The molecule has 0 aromatic heterocycles. The van der Waals surface area contributed by atoms with Crippen molar-refractivity contribution in [3.63, 3.8) is 0 Å². The standard InChI is InChI=1S/C6H11F2O/c1-2-3-4-6(7,8)5-9/h5,9H,2-4H2,1H3. The van der Waals surface area contributed by atoms with Crippen LogP contribution in [0.3, 0.4) is 0 Å². The molecule has 1 nitrogen and oxygen atoms in total. The summed E-state index contributed by atoms with van der Waals surface area (Å²) in [7, 11) is 0. The van der Waals surface area contributed by atoms with Crippen LogP contribution in [-0.2, 0) is 0 Å². The normalized spacial score (nSPS) is 12.0. The summed E-state index contributed by atoms with van der Waals surface area (Å²) in [5.74, 6) is -2.98.